The number of anilines is 1. The topological polar surface area (TPSA) is 58.6 Å². The first-order chi connectivity index (χ1) is 13.2. The van der Waals surface area contributed by atoms with Crippen LogP contribution in [-0.4, -0.2) is 54.1 Å². The molecule has 3 aromatic rings. The van der Waals surface area contributed by atoms with E-state index in [1.54, 1.807) is 30.8 Å². The minimum Gasteiger partial charge on any atom is -0.494 e. The SMILES string of the molecule is COc1cccc2sc(N3CCCN(C(=O)c4cncc(C)c4)CC3)nc12. The van der Waals surface area contributed by atoms with E-state index in [2.05, 4.69) is 16.0 Å². The lowest BCUT2D eigenvalue weighted by atomic mass is 10.2. The molecule has 6 nitrogen and oxygen atoms in total. The Morgan fingerprint density at radius 3 is 2.89 bits per heavy atom. The van der Waals surface area contributed by atoms with E-state index in [1.807, 2.05) is 30.0 Å². The molecule has 7 heteroatoms. The zero-order valence-corrected chi connectivity index (χ0v) is 16.3. The number of pyridine rings is 1. The molecular weight excluding hydrogens is 360 g/mol. The van der Waals surface area contributed by atoms with E-state index in [0.29, 0.717) is 12.1 Å². The van der Waals surface area contributed by atoms with Crippen LogP contribution in [0.5, 0.6) is 5.75 Å². The highest BCUT2D eigenvalue weighted by atomic mass is 32.1. The summed E-state index contributed by atoms with van der Waals surface area (Å²) in [6.07, 6.45) is 4.33. The zero-order valence-electron chi connectivity index (χ0n) is 15.5. The maximum absolute atomic E-state index is 12.8. The molecule has 0 unspecified atom stereocenters. The fraction of sp³-hybridized carbons (Fsp3) is 0.350. The van der Waals surface area contributed by atoms with E-state index in [0.717, 1.165) is 52.7 Å². The van der Waals surface area contributed by atoms with Crippen molar-refractivity contribution < 1.29 is 9.53 Å². The molecule has 1 aromatic carbocycles. The summed E-state index contributed by atoms with van der Waals surface area (Å²) in [6, 6.07) is 7.89. The van der Waals surface area contributed by atoms with Crippen LogP contribution in [0.15, 0.2) is 36.7 Å². The molecule has 0 spiro atoms. The highest BCUT2D eigenvalue weighted by Gasteiger charge is 2.22. The number of amides is 1. The molecule has 140 valence electrons. The summed E-state index contributed by atoms with van der Waals surface area (Å²) >= 11 is 1.67. The molecule has 0 bridgehead atoms. The van der Waals surface area contributed by atoms with Crippen molar-refractivity contribution in [3.8, 4) is 5.75 Å². The van der Waals surface area contributed by atoms with E-state index in [-0.39, 0.29) is 5.91 Å². The van der Waals surface area contributed by atoms with Crippen LogP contribution in [0.4, 0.5) is 5.13 Å². The summed E-state index contributed by atoms with van der Waals surface area (Å²) in [4.78, 5) is 25.9. The number of ether oxygens (including phenoxy) is 1. The summed E-state index contributed by atoms with van der Waals surface area (Å²) in [6.45, 7) is 5.04. The van der Waals surface area contributed by atoms with Gasteiger partial charge in [-0.2, -0.15) is 0 Å². The van der Waals surface area contributed by atoms with Crippen molar-refractivity contribution in [1.29, 1.82) is 0 Å². The molecule has 1 aliphatic rings. The number of carbonyl (C=O) groups excluding carboxylic acids is 1. The van der Waals surface area contributed by atoms with Crippen LogP contribution in [0, 0.1) is 6.92 Å². The number of methoxy groups -OCH3 is 1. The first-order valence-corrected chi connectivity index (χ1v) is 9.87. The van der Waals surface area contributed by atoms with Crippen LogP contribution in [0.2, 0.25) is 0 Å². The fourth-order valence-electron chi connectivity index (χ4n) is 3.38. The molecule has 0 saturated carbocycles. The largest absolute Gasteiger partial charge is 0.494 e. The molecule has 0 aliphatic carbocycles. The number of thiazole rings is 1. The molecule has 0 radical (unpaired) electrons. The summed E-state index contributed by atoms with van der Waals surface area (Å²) in [5, 5.41) is 0.987. The van der Waals surface area contributed by atoms with Gasteiger partial charge < -0.3 is 14.5 Å². The van der Waals surface area contributed by atoms with E-state index in [4.69, 9.17) is 9.72 Å². The van der Waals surface area contributed by atoms with E-state index < -0.39 is 0 Å². The molecule has 2 aromatic heterocycles. The van der Waals surface area contributed by atoms with Crippen LogP contribution in [0.3, 0.4) is 0 Å². The third-order valence-corrected chi connectivity index (χ3v) is 5.85. The van der Waals surface area contributed by atoms with E-state index >= 15 is 0 Å². The van der Waals surface area contributed by atoms with Gasteiger partial charge in [-0.25, -0.2) is 4.98 Å². The molecular formula is C20H22N4O2S. The highest BCUT2D eigenvalue weighted by Crippen LogP contribution is 2.34. The predicted molar refractivity (Wildman–Crippen MR) is 108 cm³/mol. The second-order valence-electron chi connectivity index (χ2n) is 6.69. The van der Waals surface area contributed by atoms with Crippen molar-refractivity contribution in [3.63, 3.8) is 0 Å². The maximum Gasteiger partial charge on any atom is 0.255 e. The molecule has 4 rings (SSSR count). The molecule has 0 atom stereocenters. The lowest BCUT2D eigenvalue weighted by molar-refractivity contribution is 0.0766. The van der Waals surface area contributed by atoms with Gasteiger partial charge in [0, 0.05) is 38.6 Å². The average Bonchev–Trinajstić information content (AvgIpc) is 2.97. The number of aryl methyl sites for hydroxylation is 1. The Morgan fingerprint density at radius 1 is 1.19 bits per heavy atom. The number of aromatic nitrogens is 2. The predicted octanol–water partition coefficient (Wildman–Crippen LogP) is 3.36. The summed E-state index contributed by atoms with van der Waals surface area (Å²) < 4.78 is 6.54. The maximum atomic E-state index is 12.8. The Hall–Kier alpha value is -2.67. The highest BCUT2D eigenvalue weighted by molar-refractivity contribution is 7.22. The van der Waals surface area contributed by atoms with Crippen LogP contribution < -0.4 is 9.64 Å². The quantitative estimate of drug-likeness (QED) is 0.695. The van der Waals surface area contributed by atoms with Crippen LogP contribution in [0.1, 0.15) is 22.3 Å². The van der Waals surface area contributed by atoms with Crippen LogP contribution in [0.25, 0.3) is 10.2 Å². The molecule has 1 saturated heterocycles. The molecule has 1 fully saturated rings. The third-order valence-electron chi connectivity index (χ3n) is 4.77. The molecule has 1 aliphatic heterocycles. The first kappa shape index (κ1) is 17.7. The van der Waals surface area contributed by atoms with Gasteiger partial charge >= 0.3 is 0 Å². The van der Waals surface area contributed by atoms with Gasteiger partial charge in [0.1, 0.15) is 11.3 Å². The van der Waals surface area contributed by atoms with E-state index in [1.165, 1.54) is 0 Å². The van der Waals surface area contributed by atoms with Crippen molar-refractivity contribution in [1.82, 2.24) is 14.9 Å². The Balaban J connectivity index is 1.51. The van der Waals surface area contributed by atoms with Crippen molar-refractivity contribution in [2.45, 2.75) is 13.3 Å². The minimum atomic E-state index is 0.0546. The number of para-hydroxylation sites is 1. The standard InChI is InChI=1S/C20H22N4O2S/c1-14-11-15(13-21-12-14)19(25)23-7-4-8-24(10-9-23)20-22-18-16(26-2)5-3-6-17(18)27-20/h3,5-6,11-13H,4,7-10H2,1-2H3. The van der Waals surface area contributed by atoms with Gasteiger partial charge in [-0.05, 0) is 37.1 Å². The number of benzene rings is 1. The van der Waals surface area contributed by atoms with Gasteiger partial charge in [-0.3, -0.25) is 9.78 Å². The Kier molecular flexibility index (Phi) is 4.94. The Labute approximate surface area is 162 Å². The molecule has 3 heterocycles. The van der Waals surface area contributed by atoms with Crippen molar-refractivity contribution in [2.24, 2.45) is 0 Å². The van der Waals surface area contributed by atoms with Gasteiger partial charge in [0.25, 0.3) is 5.91 Å². The second kappa shape index (κ2) is 7.52. The first-order valence-electron chi connectivity index (χ1n) is 9.05. The number of carbonyl (C=O) groups is 1. The Bertz CT molecular complexity index is 972. The van der Waals surface area contributed by atoms with Gasteiger partial charge in [-0.1, -0.05) is 17.4 Å². The third kappa shape index (κ3) is 3.60. The lowest BCUT2D eigenvalue weighted by Gasteiger charge is -2.21. The lowest BCUT2D eigenvalue weighted by Crippen LogP contribution is -2.35. The molecule has 27 heavy (non-hydrogen) atoms. The number of hydrogen-bond acceptors (Lipinski definition) is 6. The van der Waals surface area contributed by atoms with Crippen LogP contribution >= 0.6 is 11.3 Å². The van der Waals surface area contributed by atoms with Crippen molar-refractivity contribution in [2.75, 3.05) is 38.2 Å². The van der Waals surface area contributed by atoms with Gasteiger partial charge in [0.2, 0.25) is 0 Å². The number of nitrogens with zero attached hydrogens (tertiary/aromatic N) is 4. The monoisotopic (exact) mass is 382 g/mol. The smallest absolute Gasteiger partial charge is 0.255 e. The average molecular weight is 382 g/mol. The minimum absolute atomic E-state index is 0.0546. The molecule has 1 amide bonds. The normalized spacial score (nSPS) is 15.0. The zero-order chi connectivity index (χ0) is 18.8. The van der Waals surface area contributed by atoms with Gasteiger partial charge in [-0.15, -0.1) is 0 Å². The number of rotatable bonds is 3. The van der Waals surface area contributed by atoms with Crippen LogP contribution in [-0.2, 0) is 0 Å². The Morgan fingerprint density at radius 2 is 2.07 bits per heavy atom. The van der Waals surface area contributed by atoms with Gasteiger partial charge in [0.15, 0.2) is 5.13 Å². The molecule has 0 N–H and O–H groups in total. The van der Waals surface area contributed by atoms with Gasteiger partial charge in [0.05, 0.1) is 17.4 Å². The number of fused-ring (bicyclic) bond motifs is 1. The summed E-state index contributed by atoms with van der Waals surface area (Å²) in [7, 11) is 1.67. The van der Waals surface area contributed by atoms with Crippen molar-refractivity contribution in [3.05, 3.63) is 47.8 Å². The second-order valence-corrected chi connectivity index (χ2v) is 7.70. The fourth-order valence-corrected chi connectivity index (χ4v) is 4.41. The summed E-state index contributed by atoms with van der Waals surface area (Å²) in [5.41, 5.74) is 2.57. The van der Waals surface area contributed by atoms with E-state index in [9.17, 15) is 4.79 Å². The van der Waals surface area contributed by atoms with Crippen molar-refractivity contribution >= 4 is 32.6 Å². The summed E-state index contributed by atoms with van der Waals surface area (Å²) in [5.74, 6) is 0.854. The number of hydrogen-bond donors (Lipinski definition) is 0.